The SMILES string of the molecule is CN1CCCC(OC2CCNCC2NC(=O)C(C(N)N)C2CC3(CCCCCC3)CCC(Cl)CN2)C1. The minimum Gasteiger partial charge on any atom is -0.371 e. The van der Waals surface area contributed by atoms with E-state index in [9.17, 15) is 4.79 Å². The lowest BCUT2D eigenvalue weighted by atomic mass is 9.69. The van der Waals surface area contributed by atoms with Gasteiger partial charge in [-0.1, -0.05) is 25.7 Å². The number of piperidine rings is 2. The molecule has 0 radical (unpaired) electrons. The van der Waals surface area contributed by atoms with Gasteiger partial charge >= 0.3 is 0 Å². The third-order valence-corrected chi connectivity index (χ3v) is 9.62. The van der Waals surface area contributed by atoms with Crippen LogP contribution >= 0.6 is 11.6 Å². The number of nitrogens with zero attached hydrogens (tertiary/aromatic N) is 1. The summed E-state index contributed by atoms with van der Waals surface area (Å²) in [6.45, 7) is 4.38. The van der Waals surface area contributed by atoms with Gasteiger partial charge in [0.25, 0.3) is 0 Å². The Balaban J connectivity index is 1.45. The number of carbonyl (C=O) groups excluding carboxylic acids is 1. The molecule has 8 nitrogen and oxygen atoms in total. The van der Waals surface area contributed by atoms with E-state index in [1.807, 2.05) is 0 Å². The van der Waals surface area contributed by atoms with Crippen LogP contribution in [0.5, 0.6) is 0 Å². The van der Waals surface area contributed by atoms with E-state index >= 15 is 0 Å². The van der Waals surface area contributed by atoms with E-state index in [4.69, 9.17) is 27.8 Å². The van der Waals surface area contributed by atoms with Crippen molar-refractivity contribution in [1.82, 2.24) is 20.9 Å². The van der Waals surface area contributed by atoms with Gasteiger partial charge in [-0.25, -0.2) is 0 Å². The van der Waals surface area contributed by atoms with Gasteiger partial charge in [0.15, 0.2) is 0 Å². The van der Waals surface area contributed by atoms with Crippen molar-refractivity contribution in [1.29, 1.82) is 0 Å². The first-order valence-corrected chi connectivity index (χ1v) is 15.0. The zero-order valence-corrected chi connectivity index (χ0v) is 23.1. The smallest absolute Gasteiger partial charge is 0.227 e. The Morgan fingerprint density at radius 1 is 1.08 bits per heavy atom. The van der Waals surface area contributed by atoms with Gasteiger partial charge < -0.3 is 37.1 Å². The highest BCUT2D eigenvalue weighted by atomic mass is 35.5. The Morgan fingerprint density at radius 2 is 1.86 bits per heavy atom. The van der Waals surface area contributed by atoms with Crippen molar-refractivity contribution in [3.05, 3.63) is 0 Å². The molecule has 6 atom stereocenters. The van der Waals surface area contributed by atoms with E-state index in [0.29, 0.717) is 13.1 Å². The molecule has 3 saturated heterocycles. The fraction of sp³-hybridized carbons (Fsp3) is 0.963. The van der Waals surface area contributed by atoms with Gasteiger partial charge in [-0.15, -0.1) is 11.6 Å². The Bertz CT molecular complexity index is 689. The molecule has 4 aliphatic rings. The van der Waals surface area contributed by atoms with E-state index in [1.54, 1.807) is 0 Å². The molecule has 0 aromatic heterocycles. The second-order valence-corrected chi connectivity index (χ2v) is 12.8. The second kappa shape index (κ2) is 13.5. The molecule has 3 heterocycles. The molecular weight excluding hydrogens is 476 g/mol. The highest BCUT2D eigenvalue weighted by Gasteiger charge is 2.42. The van der Waals surface area contributed by atoms with E-state index in [0.717, 1.165) is 58.2 Å². The normalized spacial score (nSPS) is 35.5. The average Bonchev–Trinajstić information content (AvgIpc) is 3.07. The van der Waals surface area contributed by atoms with Crippen molar-refractivity contribution in [2.75, 3.05) is 39.8 Å². The van der Waals surface area contributed by atoms with E-state index in [1.165, 1.54) is 38.5 Å². The maximum absolute atomic E-state index is 13.8. The number of halogens is 1. The van der Waals surface area contributed by atoms with E-state index in [2.05, 4.69) is 27.9 Å². The Kier molecular flexibility index (Phi) is 10.7. The molecule has 0 aromatic carbocycles. The number of likely N-dealkylation sites (tertiary alicyclic amines) is 1. The molecule has 1 amide bonds. The summed E-state index contributed by atoms with van der Waals surface area (Å²) in [6, 6.07) is -0.159. The minimum absolute atomic E-state index is 0.00654. The number of ether oxygens (including phenoxy) is 1. The van der Waals surface area contributed by atoms with Crippen LogP contribution in [0.2, 0.25) is 0 Å². The maximum atomic E-state index is 13.8. The molecule has 36 heavy (non-hydrogen) atoms. The van der Waals surface area contributed by atoms with Crippen LogP contribution < -0.4 is 27.4 Å². The zero-order chi connectivity index (χ0) is 25.5. The molecule has 4 fully saturated rings. The lowest BCUT2D eigenvalue weighted by Gasteiger charge is -2.43. The molecular formula is C27H51ClN6O2. The number of nitrogens with one attached hydrogen (secondary N) is 3. The van der Waals surface area contributed by atoms with Gasteiger partial charge in [0, 0.05) is 31.1 Å². The van der Waals surface area contributed by atoms with Crippen LogP contribution in [0.1, 0.15) is 77.0 Å². The van der Waals surface area contributed by atoms with Gasteiger partial charge in [-0.2, -0.15) is 0 Å². The number of likely N-dealkylation sites (N-methyl/N-ethyl adjacent to an activating group) is 1. The highest BCUT2D eigenvalue weighted by Crippen LogP contribution is 2.45. The summed E-state index contributed by atoms with van der Waals surface area (Å²) in [7, 11) is 2.15. The molecule has 208 valence electrons. The number of amides is 1. The summed E-state index contributed by atoms with van der Waals surface area (Å²) in [6.07, 6.45) is 13.3. The first-order valence-electron chi connectivity index (χ1n) is 14.6. The van der Waals surface area contributed by atoms with Crippen molar-refractivity contribution < 1.29 is 9.53 Å². The summed E-state index contributed by atoms with van der Waals surface area (Å²) >= 11 is 6.69. The summed E-state index contributed by atoms with van der Waals surface area (Å²) in [4.78, 5) is 16.2. The largest absolute Gasteiger partial charge is 0.371 e. The van der Waals surface area contributed by atoms with Crippen LogP contribution in [-0.4, -0.2) is 86.4 Å². The number of nitrogens with two attached hydrogens (primary N) is 2. The van der Waals surface area contributed by atoms with Crippen LogP contribution in [-0.2, 0) is 9.53 Å². The first-order chi connectivity index (χ1) is 17.3. The zero-order valence-electron chi connectivity index (χ0n) is 22.4. The Morgan fingerprint density at radius 3 is 2.58 bits per heavy atom. The van der Waals surface area contributed by atoms with Gasteiger partial charge in [0.1, 0.15) is 0 Å². The first kappa shape index (κ1) is 28.5. The number of hydrogen-bond acceptors (Lipinski definition) is 7. The molecule has 6 unspecified atom stereocenters. The predicted molar refractivity (Wildman–Crippen MR) is 146 cm³/mol. The Labute approximate surface area is 223 Å². The molecule has 1 saturated carbocycles. The van der Waals surface area contributed by atoms with Gasteiger partial charge in [0.2, 0.25) is 5.91 Å². The second-order valence-electron chi connectivity index (χ2n) is 12.2. The number of alkyl halides is 1. The monoisotopic (exact) mass is 526 g/mol. The van der Waals surface area contributed by atoms with Gasteiger partial charge in [-0.3, -0.25) is 4.79 Å². The van der Waals surface area contributed by atoms with Crippen molar-refractivity contribution in [2.24, 2.45) is 22.8 Å². The Hall–Kier alpha value is -0.480. The molecule has 9 heteroatoms. The minimum atomic E-state index is -0.735. The molecule has 4 rings (SSSR count). The van der Waals surface area contributed by atoms with Crippen LogP contribution in [0.4, 0.5) is 0 Å². The molecule has 7 N–H and O–H groups in total. The predicted octanol–water partition coefficient (Wildman–Crippen LogP) is 1.89. The molecule has 1 spiro atoms. The maximum Gasteiger partial charge on any atom is 0.227 e. The van der Waals surface area contributed by atoms with Crippen LogP contribution in [0.3, 0.4) is 0 Å². The van der Waals surface area contributed by atoms with Crippen molar-refractivity contribution in [3.63, 3.8) is 0 Å². The summed E-state index contributed by atoms with van der Waals surface area (Å²) in [5.74, 6) is -0.559. The summed E-state index contributed by atoms with van der Waals surface area (Å²) < 4.78 is 6.56. The molecule has 3 aliphatic heterocycles. The van der Waals surface area contributed by atoms with Crippen LogP contribution in [0.15, 0.2) is 0 Å². The van der Waals surface area contributed by atoms with Gasteiger partial charge in [0.05, 0.1) is 30.3 Å². The highest BCUT2D eigenvalue weighted by molar-refractivity contribution is 6.20. The van der Waals surface area contributed by atoms with Crippen molar-refractivity contribution in [2.45, 2.75) is 113 Å². The molecule has 1 aliphatic carbocycles. The van der Waals surface area contributed by atoms with Crippen LogP contribution in [0, 0.1) is 11.3 Å². The quantitative estimate of drug-likeness (QED) is 0.265. The average molecular weight is 527 g/mol. The third-order valence-electron chi connectivity index (χ3n) is 9.25. The van der Waals surface area contributed by atoms with Gasteiger partial charge in [-0.05, 0) is 76.9 Å². The molecule has 0 bridgehead atoms. The number of hydrogen-bond donors (Lipinski definition) is 5. The lowest BCUT2D eigenvalue weighted by Crippen LogP contribution is -2.62. The fourth-order valence-corrected chi connectivity index (χ4v) is 7.39. The topological polar surface area (TPSA) is 118 Å². The lowest BCUT2D eigenvalue weighted by molar-refractivity contribution is -0.131. The summed E-state index contributed by atoms with van der Waals surface area (Å²) in [5, 5.41) is 10.5. The third kappa shape index (κ3) is 7.78. The van der Waals surface area contributed by atoms with Crippen molar-refractivity contribution >= 4 is 17.5 Å². The van der Waals surface area contributed by atoms with E-state index < -0.39 is 12.1 Å². The summed E-state index contributed by atoms with van der Waals surface area (Å²) in [5.41, 5.74) is 12.9. The van der Waals surface area contributed by atoms with Crippen molar-refractivity contribution in [3.8, 4) is 0 Å². The van der Waals surface area contributed by atoms with Crippen LogP contribution in [0.25, 0.3) is 0 Å². The fourth-order valence-electron chi connectivity index (χ4n) is 7.19. The molecule has 0 aromatic rings. The number of rotatable bonds is 6. The number of carbonyl (C=O) groups is 1. The van der Waals surface area contributed by atoms with E-state index in [-0.39, 0.29) is 41.0 Å². The standard InChI is InChI=1S/C27H51ClN6O2/c1-34-14-6-7-20(18-34)36-23-9-13-31-17-22(23)33-26(35)24(25(29)30)21-15-27(10-4-2-3-5-11-27)12-8-19(28)16-32-21/h19-25,31-32H,2-18,29-30H2,1H3,(H,33,35).